The predicted octanol–water partition coefficient (Wildman–Crippen LogP) is 0.397. The Kier molecular flexibility index (Phi) is 4.72. The predicted molar refractivity (Wildman–Crippen MR) is 59.1 cm³/mol. The molecule has 5 nitrogen and oxygen atoms in total. The van der Waals surface area contributed by atoms with Gasteiger partial charge < -0.3 is 15.2 Å². The number of pyridine rings is 1. The van der Waals surface area contributed by atoms with Crippen molar-refractivity contribution in [3.05, 3.63) is 23.5 Å². The Morgan fingerprint density at radius 3 is 2.94 bits per heavy atom. The summed E-state index contributed by atoms with van der Waals surface area (Å²) in [5.74, 6) is 0.256. The maximum absolute atomic E-state index is 11.2. The maximum atomic E-state index is 11.2. The van der Waals surface area contributed by atoms with E-state index in [0.717, 1.165) is 5.69 Å². The van der Waals surface area contributed by atoms with Gasteiger partial charge in [-0.15, -0.1) is 0 Å². The highest BCUT2D eigenvalue weighted by atomic mass is 16.5. The van der Waals surface area contributed by atoms with Crippen LogP contribution in [0.5, 0.6) is 5.75 Å². The first kappa shape index (κ1) is 12.4. The second-order valence-corrected chi connectivity index (χ2v) is 3.30. The Hall–Kier alpha value is -1.62. The number of aromatic nitrogens is 1. The summed E-state index contributed by atoms with van der Waals surface area (Å²) in [6.07, 6.45) is 0. The molecule has 0 aliphatic carbocycles. The summed E-state index contributed by atoms with van der Waals surface area (Å²) in [6, 6.07) is 3.47. The minimum atomic E-state index is -0.202. The number of nitrogens with one attached hydrogen (secondary N) is 1. The Balaban J connectivity index is 2.63. The number of carbonyl (C=O) groups excluding carboxylic acids is 1. The minimum Gasteiger partial charge on any atom is -0.482 e. The molecule has 16 heavy (non-hydrogen) atoms. The van der Waals surface area contributed by atoms with Crippen molar-refractivity contribution < 1.29 is 14.6 Å². The number of likely N-dealkylation sites (N-methyl/N-ethyl adjacent to an activating group) is 1. The van der Waals surface area contributed by atoms with Crippen molar-refractivity contribution in [3.8, 4) is 5.75 Å². The van der Waals surface area contributed by atoms with E-state index in [2.05, 4.69) is 10.3 Å². The van der Waals surface area contributed by atoms with Crippen molar-refractivity contribution in [3.63, 3.8) is 0 Å². The zero-order valence-corrected chi connectivity index (χ0v) is 9.49. The van der Waals surface area contributed by atoms with Crippen LogP contribution in [0.25, 0.3) is 0 Å². The van der Waals surface area contributed by atoms with Crippen LogP contribution in [0.3, 0.4) is 0 Å². The largest absolute Gasteiger partial charge is 0.482 e. The Bertz CT molecular complexity index is 366. The van der Waals surface area contributed by atoms with Gasteiger partial charge in [-0.1, -0.05) is 0 Å². The van der Waals surface area contributed by atoms with Gasteiger partial charge in [-0.3, -0.25) is 9.78 Å². The van der Waals surface area contributed by atoms with Crippen LogP contribution in [-0.2, 0) is 11.4 Å². The number of aliphatic hydroxyl groups excluding tert-OH is 1. The van der Waals surface area contributed by atoms with E-state index in [-0.39, 0.29) is 19.1 Å². The number of aliphatic hydroxyl groups is 1. The Morgan fingerprint density at radius 1 is 1.56 bits per heavy atom. The maximum Gasteiger partial charge on any atom is 0.257 e. The van der Waals surface area contributed by atoms with E-state index < -0.39 is 0 Å². The molecule has 0 fully saturated rings. The molecule has 1 amide bonds. The molecule has 0 aromatic carbocycles. The van der Waals surface area contributed by atoms with Crippen LogP contribution in [0.15, 0.2) is 12.1 Å². The fourth-order valence-electron chi connectivity index (χ4n) is 1.23. The molecule has 1 rings (SSSR count). The SMILES string of the molecule is CCNC(=O)COc1ccc(C)nc1CO. The van der Waals surface area contributed by atoms with Gasteiger partial charge in [-0.2, -0.15) is 0 Å². The Labute approximate surface area is 94.5 Å². The van der Waals surface area contributed by atoms with Gasteiger partial charge in [0.1, 0.15) is 11.4 Å². The Morgan fingerprint density at radius 2 is 2.31 bits per heavy atom. The highest BCUT2D eigenvalue weighted by molar-refractivity contribution is 5.77. The number of aryl methyl sites for hydroxylation is 1. The molecule has 1 aromatic rings. The van der Waals surface area contributed by atoms with Gasteiger partial charge in [0.05, 0.1) is 6.61 Å². The van der Waals surface area contributed by atoms with E-state index in [1.54, 1.807) is 12.1 Å². The van der Waals surface area contributed by atoms with Crippen molar-refractivity contribution in [2.24, 2.45) is 0 Å². The molecule has 0 atom stereocenters. The molecular formula is C11H16N2O3. The van der Waals surface area contributed by atoms with E-state index in [1.807, 2.05) is 13.8 Å². The van der Waals surface area contributed by atoms with Gasteiger partial charge in [-0.25, -0.2) is 0 Å². The molecule has 0 saturated heterocycles. The standard InChI is InChI=1S/C11H16N2O3/c1-3-12-11(15)7-16-10-5-4-8(2)13-9(10)6-14/h4-5,14H,3,6-7H2,1-2H3,(H,12,15). The molecule has 1 heterocycles. The van der Waals surface area contributed by atoms with Crippen LogP contribution in [0.1, 0.15) is 18.3 Å². The number of rotatable bonds is 5. The lowest BCUT2D eigenvalue weighted by molar-refractivity contribution is -0.123. The van der Waals surface area contributed by atoms with Gasteiger partial charge >= 0.3 is 0 Å². The van der Waals surface area contributed by atoms with Crippen molar-refractivity contribution in [2.45, 2.75) is 20.5 Å². The number of ether oxygens (including phenoxy) is 1. The van der Waals surface area contributed by atoms with Crippen LogP contribution in [0.2, 0.25) is 0 Å². The highest BCUT2D eigenvalue weighted by Gasteiger charge is 2.07. The van der Waals surface area contributed by atoms with Crippen LogP contribution >= 0.6 is 0 Å². The third-order valence-corrected chi connectivity index (χ3v) is 1.95. The van der Waals surface area contributed by atoms with Gasteiger partial charge in [0.25, 0.3) is 5.91 Å². The minimum absolute atomic E-state index is 0.0639. The molecule has 88 valence electrons. The second-order valence-electron chi connectivity index (χ2n) is 3.30. The van der Waals surface area contributed by atoms with Crippen molar-refractivity contribution >= 4 is 5.91 Å². The van der Waals surface area contributed by atoms with Crippen LogP contribution < -0.4 is 10.1 Å². The molecule has 0 aliphatic rings. The van der Waals surface area contributed by atoms with Gasteiger partial charge in [-0.05, 0) is 26.0 Å². The zero-order valence-electron chi connectivity index (χ0n) is 9.49. The molecule has 0 spiro atoms. The van der Waals surface area contributed by atoms with E-state index in [9.17, 15) is 4.79 Å². The van der Waals surface area contributed by atoms with E-state index in [1.165, 1.54) is 0 Å². The normalized spacial score (nSPS) is 9.94. The number of hydrogen-bond donors (Lipinski definition) is 2. The lowest BCUT2D eigenvalue weighted by Crippen LogP contribution is -2.28. The first-order valence-corrected chi connectivity index (χ1v) is 5.14. The molecule has 0 radical (unpaired) electrons. The summed E-state index contributed by atoms with van der Waals surface area (Å²) < 4.78 is 5.26. The monoisotopic (exact) mass is 224 g/mol. The fraction of sp³-hybridized carbons (Fsp3) is 0.455. The van der Waals surface area contributed by atoms with Crippen molar-refractivity contribution in [2.75, 3.05) is 13.2 Å². The third-order valence-electron chi connectivity index (χ3n) is 1.95. The topological polar surface area (TPSA) is 71.5 Å². The van der Waals surface area contributed by atoms with Crippen LogP contribution in [0, 0.1) is 6.92 Å². The number of amides is 1. The summed E-state index contributed by atoms with van der Waals surface area (Å²) in [7, 11) is 0. The summed E-state index contributed by atoms with van der Waals surface area (Å²) in [6.45, 7) is 3.97. The zero-order chi connectivity index (χ0) is 12.0. The molecule has 5 heteroatoms. The molecular weight excluding hydrogens is 208 g/mol. The smallest absolute Gasteiger partial charge is 0.257 e. The van der Waals surface area contributed by atoms with E-state index in [0.29, 0.717) is 18.0 Å². The van der Waals surface area contributed by atoms with Crippen LogP contribution in [0.4, 0.5) is 0 Å². The van der Waals surface area contributed by atoms with Gasteiger partial charge in [0.15, 0.2) is 6.61 Å². The summed E-state index contributed by atoms with van der Waals surface area (Å²) >= 11 is 0. The van der Waals surface area contributed by atoms with Crippen molar-refractivity contribution in [1.82, 2.24) is 10.3 Å². The van der Waals surface area contributed by atoms with Gasteiger partial charge in [0, 0.05) is 12.2 Å². The third kappa shape index (κ3) is 3.51. The summed E-state index contributed by atoms with van der Waals surface area (Å²) in [4.78, 5) is 15.3. The molecule has 0 bridgehead atoms. The number of hydrogen-bond acceptors (Lipinski definition) is 4. The average Bonchev–Trinajstić information content (AvgIpc) is 2.27. The lowest BCUT2D eigenvalue weighted by Gasteiger charge is -2.09. The molecule has 1 aromatic heterocycles. The second kappa shape index (κ2) is 6.07. The average molecular weight is 224 g/mol. The molecule has 0 aliphatic heterocycles. The van der Waals surface area contributed by atoms with E-state index in [4.69, 9.17) is 9.84 Å². The first-order valence-electron chi connectivity index (χ1n) is 5.14. The molecule has 2 N–H and O–H groups in total. The van der Waals surface area contributed by atoms with Crippen LogP contribution in [-0.4, -0.2) is 29.1 Å². The highest BCUT2D eigenvalue weighted by Crippen LogP contribution is 2.16. The van der Waals surface area contributed by atoms with Gasteiger partial charge in [0.2, 0.25) is 0 Å². The molecule has 0 saturated carbocycles. The number of nitrogens with zero attached hydrogens (tertiary/aromatic N) is 1. The molecule has 0 unspecified atom stereocenters. The first-order chi connectivity index (χ1) is 7.67. The lowest BCUT2D eigenvalue weighted by atomic mass is 10.3. The fourth-order valence-corrected chi connectivity index (χ4v) is 1.23. The van der Waals surface area contributed by atoms with Crippen molar-refractivity contribution in [1.29, 1.82) is 0 Å². The summed E-state index contributed by atoms with van der Waals surface area (Å²) in [5.41, 5.74) is 1.25. The summed E-state index contributed by atoms with van der Waals surface area (Å²) in [5, 5.41) is 11.7. The quantitative estimate of drug-likeness (QED) is 0.759. The van der Waals surface area contributed by atoms with E-state index >= 15 is 0 Å². The number of carbonyl (C=O) groups is 1.